The van der Waals surface area contributed by atoms with Gasteiger partial charge in [-0.05, 0) is 49.6 Å². The van der Waals surface area contributed by atoms with Crippen LogP contribution in [0.4, 0.5) is 4.39 Å². The number of methoxy groups -OCH3 is 3. The molecule has 32 heavy (non-hydrogen) atoms. The fourth-order valence-electron chi connectivity index (χ4n) is 3.98. The molecule has 0 radical (unpaired) electrons. The van der Waals surface area contributed by atoms with Gasteiger partial charge in [0, 0.05) is 25.2 Å². The highest BCUT2D eigenvalue weighted by Crippen LogP contribution is 2.39. The van der Waals surface area contributed by atoms with Gasteiger partial charge in [0.2, 0.25) is 11.7 Å². The van der Waals surface area contributed by atoms with E-state index in [0.29, 0.717) is 48.7 Å². The van der Waals surface area contributed by atoms with E-state index in [1.807, 2.05) is 6.92 Å². The lowest BCUT2D eigenvalue weighted by molar-refractivity contribution is -0.132. The van der Waals surface area contributed by atoms with Crippen LogP contribution in [-0.4, -0.2) is 51.1 Å². The molecule has 7 nitrogen and oxygen atoms in total. The predicted octanol–water partition coefficient (Wildman–Crippen LogP) is 3.41. The number of benzene rings is 2. The summed E-state index contributed by atoms with van der Waals surface area (Å²) in [5, 5.41) is 2.92. The fraction of sp³-hybridized carbons (Fsp3) is 0.417. The third kappa shape index (κ3) is 4.95. The van der Waals surface area contributed by atoms with E-state index in [-0.39, 0.29) is 24.2 Å². The highest BCUT2D eigenvalue weighted by molar-refractivity contribution is 5.96. The summed E-state index contributed by atoms with van der Waals surface area (Å²) in [7, 11) is 4.49. The molecule has 8 heteroatoms. The molecule has 1 N–H and O–H groups in total. The Labute approximate surface area is 187 Å². The number of rotatable bonds is 7. The maximum absolute atomic E-state index is 13.3. The van der Waals surface area contributed by atoms with Crippen molar-refractivity contribution in [1.82, 2.24) is 10.2 Å². The van der Waals surface area contributed by atoms with E-state index in [1.54, 1.807) is 29.2 Å². The second-order valence-corrected chi connectivity index (χ2v) is 8.11. The van der Waals surface area contributed by atoms with Crippen molar-refractivity contribution in [2.24, 2.45) is 5.41 Å². The smallest absolute Gasteiger partial charge is 0.254 e. The lowest BCUT2D eigenvalue weighted by Crippen LogP contribution is -2.51. The molecule has 0 aliphatic carbocycles. The van der Waals surface area contributed by atoms with E-state index in [9.17, 15) is 14.0 Å². The van der Waals surface area contributed by atoms with Gasteiger partial charge in [-0.3, -0.25) is 9.59 Å². The summed E-state index contributed by atoms with van der Waals surface area (Å²) in [4.78, 5) is 27.9. The van der Waals surface area contributed by atoms with Crippen LogP contribution in [0.2, 0.25) is 0 Å². The molecule has 172 valence electrons. The molecule has 1 atom stereocenters. The highest BCUT2D eigenvalue weighted by atomic mass is 19.1. The monoisotopic (exact) mass is 444 g/mol. The summed E-state index contributed by atoms with van der Waals surface area (Å²) in [6.07, 6.45) is 1.37. The largest absolute Gasteiger partial charge is 0.493 e. The molecule has 0 bridgehead atoms. The molecule has 1 heterocycles. The van der Waals surface area contributed by atoms with Crippen molar-refractivity contribution in [3.63, 3.8) is 0 Å². The maximum atomic E-state index is 13.3. The van der Waals surface area contributed by atoms with Gasteiger partial charge in [0.25, 0.3) is 5.91 Å². The van der Waals surface area contributed by atoms with Gasteiger partial charge in [0.05, 0.1) is 26.7 Å². The first kappa shape index (κ1) is 23.4. The Bertz CT molecular complexity index is 954. The van der Waals surface area contributed by atoms with Gasteiger partial charge in [-0.15, -0.1) is 0 Å². The number of likely N-dealkylation sites (tertiary alicyclic amines) is 1. The third-order valence-corrected chi connectivity index (χ3v) is 5.81. The first-order valence-corrected chi connectivity index (χ1v) is 10.4. The van der Waals surface area contributed by atoms with Crippen LogP contribution in [0.3, 0.4) is 0 Å². The quantitative estimate of drug-likeness (QED) is 0.708. The van der Waals surface area contributed by atoms with Crippen LogP contribution in [0.25, 0.3) is 0 Å². The molecule has 0 aromatic heterocycles. The zero-order valence-electron chi connectivity index (χ0n) is 18.9. The van der Waals surface area contributed by atoms with Crippen LogP contribution in [0.5, 0.6) is 17.2 Å². The van der Waals surface area contributed by atoms with Crippen molar-refractivity contribution in [3.05, 3.63) is 53.3 Å². The minimum Gasteiger partial charge on any atom is -0.493 e. The van der Waals surface area contributed by atoms with E-state index < -0.39 is 5.41 Å². The third-order valence-electron chi connectivity index (χ3n) is 5.81. The number of halogens is 1. The number of carbonyl (C=O) groups is 2. The number of ether oxygens (including phenoxy) is 3. The molecule has 2 aromatic rings. The highest BCUT2D eigenvalue weighted by Gasteiger charge is 2.39. The number of amides is 2. The van der Waals surface area contributed by atoms with Gasteiger partial charge < -0.3 is 24.4 Å². The maximum Gasteiger partial charge on any atom is 0.254 e. The minimum atomic E-state index is -0.728. The number of nitrogens with zero attached hydrogens (tertiary/aromatic N) is 1. The average Bonchev–Trinajstić information content (AvgIpc) is 2.81. The number of carbonyl (C=O) groups excluding carboxylic acids is 2. The lowest BCUT2D eigenvalue weighted by Gasteiger charge is -2.39. The van der Waals surface area contributed by atoms with Gasteiger partial charge in [0.15, 0.2) is 11.5 Å². The Morgan fingerprint density at radius 1 is 1.06 bits per heavy atom. The van der Waals surface area contributed by atoms with Crippen molar-refractivity contribution < 1.29 is 28.2 Å². The first-order chi connectivity index (χ1) is 15.3. The molecular formula is C24H29FN2O5. The predicted molar refractivity (Wildman–Crippen MR) is 118 cm³/mol. The van der Waals surface area contributed by atoms with E-state index in [4.69, 9.17) is 14.2 Å². The molecule has 0 unspecified atom stereocenters. The van der Waals surface area contributed by atoms with Crippen LogP contribution in [0.15, 0.2) is 36.4 Å². The molecule has 1 saturated heterocycles. The standard InChI is InChI=1S/C24H29FN2O5/c1-24(23(29)26-14-16-6-8-18(25)9-7-16)10-5-11-27(15-24)22(28)17-12-19(30-2)21(32-4)20(13-17)31-3/h6-9,12-13H,5,10-11,14-15H2,1-4H3,(H,26,29)/t24-/m0/s1. The van der Waals surface area contributed by atoms with Crippen LogP contribution in [0, 0.1) is 11.2 Å². The second-order valence-electron chi connectivity index (χ2n) is 8.11. The molecule has 1 fully saturated rings. The second kappa shape index (κ2) is 9.89. The summed E-state index contributed by atoms with van der Waals surface area (Å²) in [6, 6.07) is 9.23. The molecule has 2 amide bonds. The summed E-state index contributed by atoms with van der Waals surface area (Å²) in [5.41, 5.74) is 0.481. The van der Waals surface area contributed by atoms with Crippen molar-refractivity contribution in [2.45, 2.75) is 26.3 Å². The van der Waals surface area contributed by atoms with Crippen LogP contribution >= 0.6 is 0 Å². The number of hydrogen-bond acceptors (Lipinski definition) is 5. The Balaban J connectivity index is 1.73. The van der Waals surface area contributed by atoms with E-state index in [1.165, 1.54) is 33.5 Å². The van der Waals surface area contributed by atoms with Crippen molar-refractivity contribution in [1.29, 1.82) is 0 Å². The van der Waals surface area contributed by atoms with E-state index in [0.717, 1.165) is 5.56 Å². The molecule has 3 rings (SSSR count). The number of nitrogens with one attached hydrogen (secondary N) is 1. The van der Waals surface area contributed by atoms with Crippen LogP contribution < -0.4 is 19.5 Å². The van der Waals surface area contributed by atoms with Crippen molar-refractivity contribution in [2.75, 3.05) is 34.4 Å². The van der Waals surface area contributed by atoms with E-state index in [2.05, 4.69) is 5.32 Å². The van der Waals surface area contributed by atoms with Crippen molar-refractivity contribution >= 4 is 11.8 Å². The van der Waals surface area contributed by atoms with Gasteiger partial charge in [-0.1, -0.05) is 12.1 Å². The normalized spacial score (nSPS) is 18.1. The summed E-state index contributed by atoms with van der Waals surface area (Å²) < 4.78 is 29.1. The molecule has 1 aliphatic rings. The van der Waals surface area contributed by atoms with Crippen LogP contribution in [0.1, 0.15) is 35.7 Å². The number of hydrogen-bond donors (Lipinski definition) is 1. The summed E-state index contributed by atoms with van der Waals surface area (Å²) >= 11 is 0. The fourth-order valence-corrected chi connectivity index (χ4v) is 3.98. The Hall–Kier alpha value is -3.29. The van der Waals surface area contributed by atoms with Gasteiger partial charge in [-0.2, -0.15) is 0 Å². The molecule has 1 aliphatic heterocycles. The topological polar surface area (TPSA) is 77.1 Å². The Morgan fingerprint density at radius 2 is 1.69 bits per heavy atom. The number of piperidine rings is 1. The SMILES string of the molecule is COc1cc(C(=O)N2CCC[C@](C)(C(=O)NCc3ccc(F)cc3)C2)cc(OC)c1OC. The zero-order valence-corrected chi connectivity index (χ0v) is 18.9. The lowest BCUT2D eigenvalue weighted by atomic mass is 9.80. The van der Waals surface area contributed by atoms with Gasteiger partial charge >= 0.3 is 0 Å². The molecule has 0 saturated carbocycles. The minimum absolute atomic E-state index is 0.135. The Morgan fingerprint density at radius 3 is 2.25 bits per heavy atom. The molecule has 2 aromatic carbocycles. The average molecular weight is 445 g/mol. The Kier molecular flexibility index (Phi) is 7.22. The van der Waals surface area contributed by atoms with Crippen molar-refractivity contribution in [3.8, 4) is 17.2 Å². The first-order valence-electron chi connectivity index (χ1n) is 10.4. The zero-order chi connectivity index (χ0) is 23.3. The van der Waals surface area contributed by atoms with Gasteiger partial charge in [0.1, 0.15) is 5.82 Å². The summed E-state index contributed by atoms with van der Waals surface area (Å²) in [6.45, 7) is 3.01. The van der Waals surface area contributed by atoms with E-state index >= 15 is 0 Å². The summed E-state index contributed by atoms with van der Waals surface area (Å²) in [5.74, 6) is 0.542. The van der Waals surface area contributed by atoms with Gasteiger partial charge in [-0.25, -0.2) is 4.39 Å². The molecular weight excluding hydrogens is 415 g/mol. The van der Waals surface area contributed by atoms with Crippen LogP contribution in [-0.2, 0) is 11.3 Å². The molecule has 0 spiro atoms.